The fourth-order valence-corrected chi connectivity index (χ4v) is 3.63. The molecule has 1 aliphatic heterocycles. The SMILES string of the molecule is Cc1cc(C(=O)N2CCCC2c2nnc(-c3nccc4ccccc34)o2)on1. The summed E-state index contributed by atoms with van der Waals surface area (Å²) in [6, 6.07) is 11.2. The van der Waals surface area contributed by atoms with Gasteiger partial charge in [-0.05, 0) is 31.2 Å². The number of nitrogens with zero attached hydrogens (tertiary/aromatic N) is 5. The Hall–Kier alpha value is -3.55. The first kappa shape index (κ1) is 16.6. The van der Waals surface area contributed by atoms with E-state index < -0.39 is 0 Å². The van der Waals surface area contributed by atoms with Gasteiger partial charge >= 0.3 is 0 Å². The van der Waals surface area contributed by atoms with E-state index in [0.29, 0.717) is 29.7 Å². The summed E-state index contributed by atoms with van der Waals surface area (Å²) in [4.78, 5) is 18.9. The molecule has 1 fully saturated rings. The van der Waals surface area contributed by atoms with Crippen molar-refractivity contribution in [1.82, 2.24) is 25.2 Å². The lowest BCUT2D eigenvalue weighted by Gasteiger charge is -2.20. The smallest absolute Gasteiger partial charge is 0.293 e. The van der Waals surface area contributed by atoms with Crippen LogP contribution in [-0.2, 0) is 0 Å². The Kier molecular flexibility index (Phi) is 3.89. The van der Waals surface area contributed by atoms with E-state index in [1.54, 1.807) is 24.1 Å². The van der Waals surface area contributed by atoms with Crippen molar-refractivity contribution in [2.75, 3.05) is 6.54 Å². The summed E-state index contributed by atoms with van der Waals surface area (Å²) >= 11 is 0. The monoisotopic (exact) mass is 375 g/mol. The summed E-state index contributed by atoms with van der Waals surface area (Å²) < 4.78 is 11.1. The first-order valence-electron chi connectivity index (χ1n) is 9.12. The number of carbonyl (C=O) groups excluding carboxylic acids is 1. The lowest BCUT2D eigenvalue weighted by Crippen LogP contribution is -2.30. The zero-order chi connectivity index (χ0) is 19.1. The van der Waals surface area contributed by atoms with Crippen molar-refractivity contribution in [2.45, 2.75) is 25.8 Å². The molecule has 5 rings (SSSR count). The van der Waals surface area contributed by atoms with Crippen LogP contribution in [0.15, 0.2) is 51.5 Å². The summed E-state index contributed by atoms with van der Waals surface area (Å²) in [5.74, 6) is 0.763. The fraction of sp³-hybridized carbons (Fsp3) is 0.250. The van der Waals surface area contributed by atoms with Crippen LogP contribution in [0.5, 0.6) is 0 Å². The average molecular weight is 375 g/mol. The molecule has 140 valence electrons. The number of hydrogen-bond acceptors (Lipinski definition) is 7. The highest BCUT2D eigenvalue weighted by atomic mass is 16.5. The Balaban J connectivity index is 1.47. The molecule has 1 aliphatic rings. The highest BCUT2D eigenvalue weighted by molar-refractivity contribution is 5.93. The van der Waals surface area contributed by atoms with Gasteiger partial charge in [0.2, 0.25) is 11.7 Å². The van der Waals surface area contributed by atoms with Crippen LogP contribution in [0.1, 0.15) is 41.0 Å². The number of aromatic nitrogens is 4. The van der Waals surface area contributed by atoms with Crippen LogP contribution in [-0.4, -0.2) is 37.7 Å². The van der Waals surface area contributed by atoms with E-state index in [1.807, 2.05) is 30.3 Å². The molecule has 4 aromatic rings. The molecule has 3 aromatic heterocycles. The van der Waals surface area contributed by atoms with E-state index in [-0.39, 0.29) is 17.7 Å². The number of pyridine rings is 1. The Morgan fingerprint density at radius 3 is 2.96 bits per heavy atom. The number of fused-ring (bicyclic) bond motifs is 1. The van der Waals surface area contributed by atoms with Crippen molar-refractivity contribution in [3.8, 4) is 11.6 Å². The van der Waals surface area contributed by atoms with E-state index >= 15 is 0 Å². The van der Waals surface area contributed by atoms with Gasteiger partial charge in [-0.2, -0.15) is 0 Å². The minimum absolute atomic E-state index is 0.217. The first-order chi connectivity index (χ1) is 13.7. The van der Waals surface area contributed by atoms with E-state index in [4.69, 9.17) is 8.94 Å². The van der Waals surface area contributed by atoms with Crippen LogP contribution in [0.3, 0.4) is 0 Å². The second kappa shape index (κ2) is 6.56. The van der Waals surface area contributed by atoms with E-state index in [2.05, 4.69) is 20.3 Å². The predicted molar refractivity (Wildman–Crippen MR) is 99.3 cm³/mol. The third-order valence-corrected chi connectivity index (χ3v) is 4.95. The summed E-state index contributed by atoms with van der Waals surface area (Å²) in [6.45, 7) is 2.39. The number of carbonyl (C=O) groups is 1. The van der Waals surface area contributed by atoms with Gasteiger partial charge in [0.1, 0.15) is 11.7 Å². The molecule has 8 nitrogen and oxygen atoms in total. The van der Waals surface area contributed by atoms with Gasteiger partial charge in [0.15, 0.2) is 0 Å². The van der Waals surface area contributed by atoms with E-state index in [9.17, 15) is 4.79 Å². The van der Waals surface area contributed by atoms with Gasteiger partial charge in [0.05, 0.1) is 5.69 Å². The molecule has 0 bridgehead atoms. The first-order valence-corrected chi connectivity index (χ1v) is 9.12. The summed E-state index contributed by atoms with van der Waals surface area (Å²) in [7, 11) is 0. The van der Waals surface area contributed by atoms with Gasteiger partial charge in [-0.25, -0.2) is 0 Å². The van der Waals surface area contributed by atoms with Crippen molar-refractivity contribution in [3.05, 3.63) is 59.9 Å². The topological polar surface area (TPSA) is 98.2 Å². The standard InChI is InChI=1S/C20H17N5O3/c1-12-11-16(28-24-12)20(26)25-10-4-7-15(25)18-22-23-19(27-18)17-14-6-3-2-5-13(14)8-9-21-17/h2-3,5-6,8-9,11,15H,4,7,10H2,1H3. The third kappa shape index (κ3) is 2.74. The maximum Gasteiger partial charge on any atom is 0.293 e. The van der Waals surface area contributed by atoms with Crippen LogP contribution in [0, 0.1) is 6.92 Å². The van der Waals surface area contributed by atoms with Gasteiger partial charge in [0, 0.05) is 24.2 Å². The van der Waals surface area contributed by atoms with E-state index in [0.717, 1.165) is 23.6 Å². The van der Waals surface area contributed by atoms with Crippen LogP contribution in [0.2, 0.25) is 0 Å². The Morgan fingerprint density at radius 2 is 2.11 bits per heavy atom. The molecule has 1 atom stereocenters. The highest BCUT2D eigenvalue weighted by Gasteiger charge is 2.36. The molecule has 0 N–H and O–H groups in total. The molecule has 0 saturated carbocycles. The zero-order valence-corrected chi connectivity index (χ0v) is 15.2. The van der Waals surface area contributed by atoms with Gasteiger partial charge in [-0.1, -0.05) is 29.4 Å². The average Bonchev–Trinajstić information content (AvgIpc) is 3.47. The Bertz CT molecular complexity index is 1160. The van der Waals surface area contributed by atoms with Crippen molar-refractivity contribution in [2.24, 2.45) is 0 Å². The second-order valence-electron chi connectivity index (χ2n) is 6.82. The minimum atomic E-state index is -0.283. The minimum Gasteiger partial charge on any atom is -0.417 e. The molecule has 1 saturated heterocycles. The molecular formula is C20H17N5O3. The van der Waals surface area contributed by atoms with Crippen LogP contribution in [0.25, 0.3) is 22.4 Å². The van der Waals surface area contributed by atoms with Crippen molar-refractivity contribution in [1.29, 1.82) is 0 Å². The van der Waals surface area contributed by atoms with Crippen LogP contribution in [0.4, 0.5) is 0 Å². The maximum absolute atomic E-state index is 12.8. The predicted octanol–water partition coefficient (Wildman–Crippen LogP) is 3.56. The summed E-state index contributed by atoms with van der Waals surface area (Å²) in [6.07, 6.45) is 3.33. The molecule has 1 unspecified atom stereocenters. The second-order valence-corrected chi connectivity index (χ2v) is 6.82. The molecule has 4 heterocycles. The number of amides is 1. The molecule has 0 spiro atoms. The highest BCUT2D eigenvalue weighted by Crippen LogP contribution is 2.34. The van der Waals surface area contributed by atoms with Gasteiger partial charge in [-0.15, -0.1) is 10.2 Å². The lowest BCUT2D eigenvalue weighted by molar-refractivity contribution is 0.0673. The van der Waals surface area contributed by atoms with Gasteiger partial charge < -0.3 is 13.8 Å². The number of hydrogen-bond donors (Lipinski definition) is 0. The van der Waals surface area contributed by atoms with Crippen molar-refractivity contribution in [3.63, 3.8) is 0 Å². The molecule has 8 heteroatoms. The number of benzene rings is 1. The Labute approximate surface area is 160 Å². The maximum atomic E-state index is 12.8. The summed E-state index contributed by atoms with van der Waals surface area (Å²) in [5, 5.41) is 14.2. The number of rotatable bonds is 3. The normalized spacial score (nSPS) is 16.8. The molecule has 28 heavy (non-hydrogen) atoms. The Morgan fingerprint density at radius 1 is 1.21 bits per heavy atom. The molecular weight excluding hydrogens is 358 g/mol. The molecule has 1 amide bonds. The van der Waals surface area contributed by atoms with Crippen LogP contribution < -0.4 is 0 Å². The third-order valence-electron chi connectivity index (χ3n) is 4.95. The fourth-order valence-electron chi connectivity index (χ4n) is 3.63. The van der Waals surface area contributed by atoms with Gasteiger partial charge in [-0.3, -0.25) is 9.78 Å². The number of likely N-dealkylation sites (tertiary alicyclic amines) is 1. The largest absolute Gasteiger partial charge is 0.417 e. The molecule has 1 aromatic carbocycles. The number of aryl methyl sites for hydroxylation is 1. The van der Waals surface area contributed by atoms with Crippen molar-refractivity contribution < 1.29 is 13.7 Å². The summed E-state index contributed by atoms with van der Waals surface area (Å²) in [5.41, 5.74) is 1.31. The quantitative estimate of drug-likeness (QED) is 0.540. The lowest BCUT2D eigenvalue weighted by atomic mass is 10.1. The zero-order valence-electron chi connectivity index (χ0n) is 15.2. The van der Waals surface area contributed by atoms with Gasteiger partial charge in [0.25, 0.3) is 11.8 Å². The van der Waals surface area contributed by atoms with Crippen LogP contribution >= 0.6 is 0 Å². The molecule has 0 aliphatic carbocycles. The molecule has 0 radical (unpaired) electrons. The van der Waals surface area contributed by atoms with Crippen molar-refractivity contribution >= 4 is 16.7 Å². The van der Waals surface area contributed by atoms with E-state index in [1.165, 1.54) is 0 Å².